The van der Waals surface area contributed by atoms with Gasteiger partial charge in [0.1, 0.15) is 0 Å². The third-order valence-corrected chi connectivity index (χ3v) is 3.98. The summed E-state index contributed by atoms with van der Waals surface area (Å²) in [5, 5.41) is 3.58. The molecule has 1 aromatic rings. The van der Waals surface area contributed by atoms with E-state index in [2.05, 4.69) is 64.2 Å². The van der Waals surface area contributed by atoms with E-state index in [1.165, 1.54) is 24.1 Å². The quantitative estimate of drug-likeness (QED) is 0.725. The van der Waals surface area contributed by atoms with Gasteiger partial charge < -0.3 is 5.32 Å². The molecule has 0 fully saturated rings. The lowest BCUT2D eigenvalue weighted by molar-refractivity contribution is 0.494. The first kappa shape index (κ1) is 14.1. The molecule has 0 spiro atoms. The fourth-order valence-electron chi connectivity index (χ4n) is 1.90. The van der Waals surface area contributed by atoms with Crippen molar-refractivity contribution in [3.05, 3.63) is 29.8 Å². The van der Waals surface area contributed by atoms with Crippen LogP contribution in [0.15, 0.2) is 24.3 Å². The van der Waals surface area contributed by atoms with Gasteiger partial charge in [-0.2, -0.15) is 0 Å². The Morgan fingerprint density at radius 3 is 2.00 bits per heavy atom. The molecule has 0 aliphatic rings. The normalized spacial score (nSPS) is 16.3. The summed E-state index contributed by atoms with van der Waals surface area (Å²) in [5.74, 6) is 1.38. The summed E-state index contributed by atoms with van der Waals surface area (Å²) in [7, 11) is 0. The van der Waals surface area contributed by atoms with E-state index in [-0.39, 0.29) is 0 Å². The molecule has 0 aliphatic carbocycles. The maximum Gasteiger partial charge on any atom is 0.0342 e. The van der Waals surface area contributed by atoms with Crippen LogP contribution in [-0.2, 0) is 0 Å². The molecule has 1 heteroatoms. The highest BCUT2D eigenvalue weighted by Gasteiger charge is 2.09. The van der Waals surface area contributed by atoms with Crippen molar-refractivity contribution in [2.24, 2.45) is 5.92 Å². The van der Waals surface area contributed by atoms with Gasteiger partial charge in [0, 0.05) is 11.7 Å². The zero-order valence-electron chi connectivity index (χ0n) is 12.0. The van der Waals surface area contributed by atoms with E-state index >= 15 is 0 Å². The summed E-state index contributed by atoms with van der Waals surface area (Å²) in [6, 6.07) is 9.45. The van der Waals surface area contributed by atoms with E-state index in [1.54, 1.807) is 0 Å². The fraction of sp³-hybridized carbons (Fsp3) is 0.625. The highest BCUT2D eigenvalue weighted by Crippen LogP contribution is 2.21. The standard InChI is InChI=1S/C16H27N/c1-6-12(3)14(5)17-16-10-8-15(9-11-16)13(4)7-2/h8-14,17H,6-7H2,1-5H3. The Hall–Kier alpha value is -0.980. The minimum absolute atomic E-state index is 0.537. The first-order valence-electron chi connectivity index (χ1n) is 6.94. The van der Waals surface area contributed by atoms with Crippen molar-refractivity contribution in [2.45, 2.75) is 59.4 Å². The summed E-state index contributed by atoms with van der Waals surface area (Å²) in [6.07, 6.45) is 2.43. The van der Waals surface area contributed by atoms with Crippen molar-refractivity contribution in [3.63, 3.8) is 0 Å². The van der Waals surface area contributed by atoms with Crippen LogP contribution < -0.4 is 5.32 Å². The van der Waals surface area contributed by atoms with Crippen LogP contribution in [0.3, 0.4) is 0 Å². The molecule has 1 rings (SSSR count). The molecule has 0 saturated carbocycles. The summed E-state index contributed by atoms with van der Waals surface area (Å²) in [6.45, 7) is 11.3. The lowest BCUT2D eigenvalue weighted by Gasteiger charge is -2.21. The molecular weight excluding hydrogens is 206 g/mol. The van der Waals surface area contributed by atoms with Crippen molar-refractivity contribution in [1.29, 1.82) is 0 Å². The minimum Gasteiger partial charge on any atom is -0.382 e. The molecule has 3 unspecified atom stereocenters. The molecule has 3 atom stereocenters. The average Bonchev–Trinajstić information content (AvgIpc) is 2.37. The van der Waals surface area contributed by atoms with Gasteiger partial charge in [-0.15, -0.1) is 0 Å². The Kier molecular flexibility index (Phi) is 5.54. The third kappa shape index (κ3) is 4.07. The molecule has 0 heterocycles. The molecular formula is C16H27N. The molecule has 0 radical (unpaired) electrons. The van der Waals surface area contributed by atoms with E-state index in [4.69, 9.17) is 0 Å². The van der Waals surface area contributed by atoms with Crippen LogP contribution in [0.4, 0.5) is 5.69 Å². The van der Waals surface area contributed by atoms with E-state index in [9.17, 15) is 0 Å². The fourth-order valence-corrected chi connectivity index (χ4v) is 1.90. The molecule has 1 N–H and O–H groups in total. The maximum absolute atomic E-state index is 3.58. The molecule has 0 bridgehead atoms. The van der Waals surface area contributed by atoms with Crippen molar-refractivity contribution < 1.29 is 0 Å². The van der Waals surface area contributed by atoms with Crippen LogP contribution in [0.5, 0.6) is 0 Å². The third-order valence-electron chi connectivity index (χ3n) is 3.98. The highest BCUT2D eigenvalue weighted by atomic mass is 14.9. The average molecular weight is 233 g/mol. The van der Waals surface area contributed by atoms with Gasteiger partial charge >= 0.3 is 0 Å². The first-order valence-corrected chi connectivity index (χ1v) is 6.94. The molecule has 0 aromatic heterocycles. The molecule has 1 aromatic carbocycles. The maximum atomic E-state index is 3.58. The summed E-state index contributed by atoms with van der Waals surface area (Å²) in [5.41, 5.74) is 2.68. The highest BCUT2D eigenvalue weighted by molar-refractivity contribution is 5.46. The molecule has 96 valence electrons. The van der Waals surface area contributed by atoms with Gasteiger partial charge in [-0.1, -0.05) is 46.2 Å². The van der Waals surface area contributed by atoms with Gasteiger partial charge in [0.15, 0.2) is 0 Å². The van der Waals surface area contributed by atoms with Crippen LogP contribution in [0, 0.1) is 5.92 Å². The zero-order chi connectivity index (χ0) is 12.8. The number of nitrogens with one attached hydrogen (secondary N) is 1. The van der Waals surface area contributed by atoms with E-state index < -0.39 is 0 Å². The van der Waals surface area contributed by atoms with Gasteiger partial charge in [-0.05, 0) is 42.9 Å². The summed E-state index contributed by atoms with van der Waals surface area (Å²) in [4.78, 5) is 0. The van der Waals surface area contributed by atoms with Gasteiger partial charge in [-0.25, -0.2) is 0 Å². The minimum atomic E-state index is 0.537. The number of hydrogen-bond donors (Lipinski definition) is 1. The van der Waals surface area contributed by atoms with E-state index in [0.29, 0.717) is 17.9 Å². The Morgan fingerprint density at radius 2 is 1.53 bits per heavy atom. The molecule has 1 nitrogen and oxygen atoms in total. The first-order chi connectivity index (χ1) is 8.08. The number of rotatable bonds is 6. The van der Waals surface area contributed by atoms with Gasteiger partial charge in [0.05, 0.1) is 0 Å². The monoisotopic (exact) mass is 233 g/mol. The van der Waals surface area contributed by atoms with Crippen molar-refractivity contribution in [1.82, 2.24) is 0 Å². The van der Waals surface area contributed by atoms with E-state index in [0.717, 1.165) is 0 Å². The summed E-state index contributed by atoms with van der Waals surface area (Å²) >= 11 is 0. The zero-order valence-corrected chi connectivity index (χ0v) is 12.0. The molecule has 0 amide bonds. The Morgan fingerprint density at radius 1 is 0.941 bits per heavy atom. The molecule has 17 heavy (non-hydrogen) atoms. The summed E-state index contributed by atoms with van der Waals surface area (Å²) < 4.78 is 0. The largest absolute Gasteiger partial charge is 0.382 e. The van der Waals surface area contributed by atoms with E-state index in [1.807, 2.05) is 0 Å². The van der Waals surface area contributed by atoms with Crippen LogP contribution in [0.25, 0.3) is 0 Å². The van der Waals surface area contributed by atoms with Crippen molar-refractivity contribution >= 4 is 5.69 Å². The van der Waals surface area contributed by atoms with Crippen LogP contribution >= 0.6 is 0 Å². The van der Waals surface area contributed by atoms with Gasteiger partial charge in [0.2, 0.25) is 0 Å². The predicted octanol–water partition coefficient (Wildman–Crippen LogP) is 5.05. The number of benzene rings is 1. The SMILES string of the molecule is CCC(C)c1ccc(NC(C)C(C)CC)cc1. The lowest BCUT2D eigenvalue weighted by atomic mass is 9.98. The molecule has 0 saturated heterocycles. The van der Waals surface area contributed by atoms with Crippen molar-refractivity contribution in [3.8, 4) is 0 Å². The smallest absolute Gasteiger partial charge is 0.0342 e. The van der Waals surface area contributed by atoms with Crippen molar-refractivity contribution in [2.75, 3.05) is 5.32 Å². The number of anilines is 1. The Bertz CT molecular complexity index is 315. The lowest BCUT2D eigenvalue weighted by Crippen LogP contribution is -2.23. The molecule has 0 aliphatic heterocycles. The second-order valence-corrected chi connectivity index (χ2v) is 5.25. The second kappa shape index (κ2) is 6.68. The Labute approximate surface area is 107 Å². The van der Waals surface area contributed by atoms with Crippen LogP contribution in [-0.4, -0.2) is 6.04 Å². The van der Waals surface area contributed by atoms with Gasteiger partial charge in [-0.3, -0.25) is 0 Å². The Balaban J connectivity index is 2.62. The number of hydrogen-bond acceptors (Lipinski definition) is 1. The van der Waals surface area contributed by atoms with Crippen LogP contribution in [0.2, 0.25) is 0 Å². The topological polar surface area (TPSA) is 12.0 Å². The second-order valence-electron chi connectivity index (χ2n) is 5.25. The van der Waals surface area contributed by atoms with Gasteiger partial charge in [0.25, 0.3) is 0 Å². The predicted molar refractivity (Wildman–Crippen MR) is 77.7 cm³/mol. The van der Waals surface area contributed by atoms with Crippen LogP contribution in [0.1, 0.15) is 58.9 Å².